The lowest BCUT2D eigenvalue weighted by molar-refractivity contribution is -0.120. The van der Waals surface area contributed by atoms with E-state index in [1.165, 1.54) is 5.56 Å². The average Bonchev–Trinajstić information content (AvgIpc) is 2.76. The third kappa shape index (κ3) is 3.12. The number of rotatable bonds is 5. The van der Waals surface area contributed by atoms with Gasteiger partial charge in [-0.3, -0.25) is 4.79 Å². The van der Waals surface area contributed by atoms with Gasteiger partial charge in [0.2, 0.25) is 0 Å². The fourth-order valence-electron chi connectivity index (χ4n) is 2.17. The zero-order chi connectivity index (χ0) is 13.1. The molecule has 18 heavy (non-hydrogen) atoms. The predicted octanol–water partition coefficient (Wildman–Crippen LogP) is 2.92. The molecule has 2 rings (SSSR count). The van der Waals surface area contributed by atoms with Gasteiger partial charge in [-0.05, 0) is 24.6 Å². The van der Waals surface area contributed by atoms with E-state index in [0.29, 0.717) is 19.4 Å². The van der Waals surface area contributed by atoms with E-state index in [2.05, 4.69) is 22.0 Å². The van der Waals surface area contributed by atoms with Crippen molar-refractivity contribution in [2.24, 2.45) is 0 Å². The van der Waals surface area contributed by atoms with E-state index in [1.54, 1.807) is 7.11 Å². The van der Waals surface area contributed by atoms with Gasteiger partial charge in [-0.2, -0.15) is 0 Å². The van der Waals surface area contributed by atoms with Crippen LogP contribution in [0, 0.1) is 0 Å². The molecule has 0 spiro atoms. The number of halogens is 1. The lowest BCUT2D eigenvalue weighted by Gasteiger charge is -2.11. The second-order valence-corrected chi connectivity index (χ2v) is 5.53. The van der Waals surface area contributed by atoms with Crippen molar-refractivity contribution in [3.8, 4) is 5.75 Å². The second-order valence-electron chi connectivity index (χ2n) is 4.62. The Morgan fingerprint density at radius 2 is 2.33 bits per heavy atom. The largest absolute Gasteiger partial charge is 0.493 e. The zero-order valence-electron chi connectivity index (χ0n) is 10.7. The number of Topliss-reactive ketones (excluding diaryl/α,β-unsaturated/α-hetero) is 1. The van der Waals surface area contributed by atoms with Crippen molar-refractivity contribution in [1.29, 1.82) is 0 Å². The van der Waals surface area contributed by atoms with E-state index in [-0.39, 0.29) is 11.9 Å². The molecule has 0 radical (unpaired) electrons. The highest BCUT2D eigenvalue weighted by atomic mass is 79.9. The highest BCUT2D eigenvalue weighted by molar-refractivity contribution is 9.10. The highest BCUT2D eigenvalue weighted by Crippen LogP contribution is 2.33. The number of ketones is 1. The first kappa shape index (κ1) is 13.6. The van der Waals surface area contributed by atoms with Crippen LogP contribution in [0.1, 0.15) is 24.5 Å². The van der Waals surface area contributed by atoms with Gasteiger partial charge >= 0.3 is 0 Å². The summed E-state index contributed by atoms with van der Waals surface area (Å²) < 4.78 is 11.7. The Bertz CT molecular complexity index is 457. The first-order valence-corrected chi connectivity index (χ1v) is 6.88. The molecule has 4 heteroatoms. The molecule has 1 aromatic carbocycles. The first-order valence-electron chi connectivity index (χ1n) is 6.08. The van der Waals surface area contributed by atoms with Crippen LogP contribution in [0.5, 0.6) is 5.75 Å². The maximum Gasteiger partial charge on any atom is 0.139 e. The molecule has 1 heterocycles. The molecule has 0 aliphatic carbocycles. The minimum absolute atomic E-state index is 0.0291. The first-order chi connectivity index (χ1) is 8.60. The summed E-state index contributed by atoms with van der Waals surface area (Å²) >= 11 is 3.48. The molecule has 3 nitrogen and oxygen atoms in total. The van der Waals surface area contributed by atoms with Gasteiger partial charge in [0, 0.05) is 36.4 Å². The third-order valence-electron chi connectivity index (χ3n) is 3.13. The molecule has 0 amide bonds. The molecule has 98 valence electrons. The summed E-state index contributed by atoms with van der Waals surface area (Å²) in [7, 11) is 1.62. The van der Waals surface area contributed by atoms with Crippen LogP contribution in [-0.4, -0.2) is 25.6 Å². The van der Waals surface area contributed by atoms with E-state index in [0.717, 1.165) is 22.2 Å². The van der Waals surface area contributed by atoms with Crippen LogP contribution in [0.25, 0.3) is 0 Å². The Hall–Kier alpha value is -0.870. The normalized spacial score (nSPS) is 15.1. The summed E-state index contributed by atoms with van der Waals surface area (Å²) in [5, 5.41) is 0. The molecule has 0 fully saturated rings. The van der Waals surface area contributed by atoms with Gasteiger partial charge in [-0.15, -0.1) is 0 Å². The van der Waals surface area contributed by atoms with Crippen LogP contribution in [0.15, 0.2) is 16.6 Å². The lowest BCUT2D eigenvalue weighted by atomic mass is 10.0. The van der Waals surface area contributed by atoms with E-state index >= 15 is 0 Å². The second kappa shape index (κ2) is 5.85. The molecule has 1 aromatic rings. The van der Waals surface area contributed by atoms with Crippen LogP contribution in [0.4, 0.5) is 0 Å². The van der Waals surface area contributed by atoms with Crippen LogP contribution in [0.3, 0.4) is 0 Å². The number of hydrogen-bond acceptors (Lipinski definition) is 3. The number of methoxy groups -OCH3 is 1. The van der Waals surface area contributed by atoms with Gasteiger partial charge in [-0.25, -0.2) is 0 Å². The number of ether oxygens (including phenoxy) is 2. The summed E-state index contributed by atoms with van der Waals surface area (Å²) in [5.41, 5.74) is 2.16. The highest BCUT2D eigenvalue weighted by Gasteiger charge is 2.19. The van der Waals surface area contributed by atoms with Crippen molar-refractivity contribution in [2.75, 3.05) is 13.7 Å². The Balaban J connectivity index is 2.12. The Kier molecular flexibility index (Phi) is 4.40. The minimum Gasteiger partial charge on any atom is -0.493 e. The summed E-state index contributed by atoms with van der Waals surface area (Å²) in [6, 6.07) is 4.04. The smallest absolute Gasteiger partial charge is 0.139 e. The molecule has 0 bridgehead atoms. The van der Waals surface area contributed by atoms with Gasteiger partial charge in [0.25, 0.3) is 0 Å². The molecular weight excluding hydrogens is 296 g/mol. The van der Waals surface area contributed by atoms with Crippen LogP contribution < -0.4 is 4.74 Å². The van der Waals surface area contributed by atoms with E-state index in [4.69, 9.17) is 9.47 Å². The Labute approximate surface area is 116 Å². The molecule has 0 saturated carbocycles. The maximum absolute atomic E-state index is 11.9. The van der Waals surface area contributed by atoms with Gasteiger partial charge < -0.3 is 9.47 Å². The summed E-state index contributed by atoms with van der Waals surface area (Å²) in [6.45, 7) is 2.61. The molecule has 0 saturated heterocycles. The minimum atomic E-state index is -0.0291. The molecular formula is C14H17BrO3. The summed E-state index contributed by atoms with van der Waals surface area (Å²) in [4.78, 5) is 11.9. The number of carbonyl (C=O) groups excluding carboxylic acids is 1. The third-order valence-corrected chi connectivity index (χ3v) is 3.59. The number of hydrogen-bond donors (Lipinski definition) is 0. The van der Waals surface area contributed by atoms with Crippen molar-refractivity contribution >= 4 is 21.7 Å². The quantitative estimate of drug-likeness (QED) is 0.838. The molecule has 0 N–H and O–H groups in total. The fraction of sp³-hybridized carbons (Fsp3) is 0.500. The van der Waals surface area contributed by atoms with Gasteiger partial charge in [0.1, 0.15) is 11.5 Å². The SMILES string of the molecule is COC(C)CC(=O)Cc1cc(Br)cc2c1OCC2. The lowest BCUT2D eigenvalue weighted by Crippen LogP contribution is -2.14. The molecule has 1 aliphatic heterocycles. The van der Waals surface area contributed by atoms with E-state index in [1.807, 2.05) is 13.0 Å². The van der Waals surface area contributed by atoms with Crippen molar-refractivity contribution < 1.29 is 14.3 Å². The maximum atomic E-state index is 11.9. The fourth-order valence-corrected chi connectivity index (χ4v) is 2.72. The Morgan fingerprint density at radius 1 is 1.56 bits per heavy atom. The van der Waals surface area contributed by atoms with Crippen LogP contribution >= 0.6 is 15.9 Å². The number of carbonyl (C=O) groups is 1. The summed E-state index contributed by atoms with van der Waals surface area (Å²) in [6.07, 6.45) is 1.75. The van der Waals surface area contributed by atoms with E-state index < -0.39 is 0 Å². The van der Waals surface area contributed by atoms with Gasteiger partial charge in [-0.1, -0.05) is 15.9 Å². The molecule has 1 atom stereocenters. The van der Waals surface area contributed by atoms with Crippen molar-refractivity contribution in [3.63, 3.8) is 0 Å². The van der Waals surface area contributed by atoms with Crippen LogP contribution in [0.2, 0.25) is 0 Å². The standard InChI is InChI=1S/C14H17BrO3/c1-9(17-2)5-13(16)8-11-7-12(15)6-10-3-4-18-14(10)11/h6-7,9H,3-5,8H2,1-2H3. The van der Waals surface area contributed by atoms with Crippen molar-refractivity contribution in [1.82, 2.24) is 0 Å². The zero-order valence-corrected chi connectivity index (χ0v) is 12.2. The molecule has 0 aromatic heterocycles. The monoisotopic (exact) mass is 312 g/mol. The number of fused-ring (bicyclic) bond motifs is 1. The molecule has 1 aliphatic rings. The van der Waals surface area contributed by atoms with Gasteiger partial charge in [0.15, 0.2) is 0 Å². The Morgan fingerprint density at radius 3 is 3.06 bits per heavy atom. The van der Waals surface area contributed by atoms with Crippen LogP contribution in [-0.2, 0) is 22.4 Å². The summed E-state index contributed by atoms with van der Waals surface area (Å²) in [5.74, 6) is 1.08. The molecule has 1 unspecified atom stereocenters. The topological polar surface area (TPSA) is 35.5 Å². The van der Waals surface area contributed by atoms with Gasteiger partial charge in [0.05, 0.1) is 12.7 Å². The average molecular weight is 313 g/mol. The van der Waals surface area contributed by atoms with Crippen molar-refractivity contribution in [2.45, 2.75) is 32.3 Å². The number of benzene rings is 1. The van der Waals surface area contributed by atoms with E-state index in [9.17, 15) is 4.79 Å². The van der Waals surface area contributed by atoms with Crippen molar-refractivity contribution in [3.05, 3.63) is 27.7 Å². The predicted molar refractivity (Wildman–Crippen MR) is 73.1 cm³/mol.